The van der Waals surface area contributed by atoms with Crippen LogP contribution < -0.4 is 5.32 Å². The third-order valence-corrected chi connectivity index (χ3v) is 5.23. The number of sulfonamides is 1. The van der Waals surface area contributed by atoms with E-state index in [2.05, 4.69) is 15.3 Å². The van der Waals surface area contributed by atoms with Crippen LogP contribution in [0.5, 0.6) is 0 Å². The highest BCUT2D eigenvalue weighted by Gasteiger charge is 2.32. The predicted octanol–water partition coefficient (Wildman–Crippen LogP) is 2.63. The first-order valence-electron chi connectivity index (χ1n) is 7.57. The van der Waals surface area contributed by atoms with Gasteiger partial charge in [-0.3, -0.25) is 0 Å². The number of hydrogen-bond acceptors (Lipinski definition) is 5. The number of anilines is 2. The Morgan fingerprint density at radius 3 is 2.83 bits per heavy atom. The summed E-state index contributed by atoms with van der Waals surface area (Å²) in [5.41, 5.74) is 1.88. The lowest BCUT2D eigenvalue weighted by molar-refractivity contribution is 0.400. The van der Waals surface area contributed by atoms with Gasteiger partial charge in [0.2, 0.25) is 10.0 Å². The zero-order valence-electron chi connectivity index (χ0n) is 13.2. The van der Waals surface area contributed by atoms with Crippen LogP contribution in [0.4, 0.5) is 11.6 Å². The standard InChI is InChI=1S/C16H20N4O2S/c1-12-5-3-7-15(18-12)19-16-11-13(8-9-17-16)14-6-4-10-20(14)23(2,21)22/h3,5,7-9,11,14H,4,6,10H2,1-2H3,(H,17,18,19). The molecule has 0 aromatic carbocycles. The molecule has 3 heterocycles. The Bertz CT molecular complexity index is 807. The molecule has 0 bridgehead atoms. The monoisotopic (exact) mass is 332 g/mol. The fourth-order valence-corrected chi connectivity index (χ4v) is 4.09. The Kier molecular flexibility index (Phi) is 4.32. The van der Waals surface area contributed by atoms with E-state index in [1.807, 2.05) is 37.3 Å². The summed E-state index contributed by atoms with van der Waals surface area (Å²) >= 11 is 0. The number of nitrogens with one attached hydrogen (secondary N) is 1. The van der Waals surface area contributed by atoms with E-state index in [-0.39, 0.29) is 6.04 Å². The SMILES string of the molecule is Cc1cccc(Nc2cc(C3CCCN3S(C)(=O)=O)ccn2)n1. The van der Waals surface area contributed by atoms with Crippen molar-refractivity contribution in [2.45, 2.75) is 25.8 Å². The second-order valence-electron chi connectivity index (χ2n) is 5.80. The third kappa shape index (κ3) is 3.68. The number of aryl methyl sites for hydroxylation is 1. The van der Waals surface area contributed by atoms with E-state index < -0.39 is 10.0 Å². The molecule has 0 amide bonds. The minimum absolute atomic E-state index is 0.112. The first kappa shape index (κ1) is 15.9. The minimum atomic E-state index is -3.20. The zero-order chi connectivity index (χ0) is 16.4. The molecule has 1 fully saturated rings. The van der Waals surface area contributed by atoms with Gasteiger partial charge < -0.3 is 5.32 Å². The van der Waals surface area contributed by atoms with Crippen molar-refractivity contribution in [1.82, 2.24) is 14.3 Å². The maximum absolute atomic E-state index is 11.9. The van der Waals surface area contributed by atoms with Crippen molar-refractivity contribution in [3.05, 3.63) is 47.8 Å². The molecule has 23 heavy (non-hydrogen) atoms. The normalized spacial score (nSPS) is 19.0. The summed E-state index contributed by atoms with van der Waals surface area (Å²) in [6.07, 6.45) is 4.68. The van der Waals surface area contributed by atoms with Crippen molar-refractivity contribution in [3.8, 4) is 0 Å². The Balaban J connectivity index is 1.85. The first-order chi connectivity index (χ1) is 10.9. The van der Waals surface area contributed by atoms with Crippen LogP contribution in [-0.2, 0) is 10.0 Å². The Hall–Kier alpha value is -1.99. The molecule has 122 valence electrons. The molecule has 0 radical (unpaired) electrons. The third-order valence-electron chi connectivity index (χ3n) is 3.94. The number of pyridine rings is 2. The molecule has 1 atom stereocenters. The van der Waals surface area contributed by atoms with E-state index in [1.165, 1.54) is 6.26 Å². The maximum Gasteiger partial charge on any atom is 0.211 e. The van der Waals surface area contributed by atoms with Gasteiger partial charge in [-0.05, 0) is 49.6 Å². The summed E-state index contributed by atoms with van der Waals surface area (Å²) in [5.74, 6) is 1.39. The molecule has 3 rings (SSSR count). The summed E-state index contributed by atoms with van der Waals surface area (Å²) in [6, 6.07) is 9.40. The van der Waals surface area contributed by atoms with Crippen LogP contribution in [0.2, 0.25) is 0 Å². The van der Waals surface area contributed by atoms with Crippen LogP contribution in [0.25, 0.3) is 0 Å². The summed E-state index contributed by atoms with van der Waals surface area (Å²) in [6.45, 7) is 2.51. The summed E-state index contributed by atoms with van der Waals surface area (Å²) in [7, 11) is -3.20. The molecule has 0 aliphatic carbocycles. The highest BCUT2D eigenvalue weighted by Crippen LogP contribution is 2.34. The van der Waals surface area contributed by atoms with Crippen LogP contribution in [0.3, 0.4) is 0 Å². The largest absolute Gasteiger partial charge is 0.325 e. The molecular weight excluding hydrogens is 312 g/mol. The van der Waals surface area contributed by atoms with E-state index in [0.29, 0.717) is 12.4 Å². The number of nitrogens with zero attached hydrogens (tertiary/aromatic N) is 3. The number of aromatic nitrogens is 2. The molecule has 0 spiro atoms. The van der Waals surface area contributed by atoms with Crippen LogP contribution in [0, 0.1) is 6.92 Å². The van der Waals surface area contributed by atoms with Crippen LogP contribution in [-0.4, -0.2) is 35.5 Å². The van der Waals surface area contributed by atoms with Gasteiger partial charge in [-0.1, -0.05) is 6.07 Å². The molecule has 2 aromatic rings. The van der Waals surface area contributed by atoms with Crippen LogP contribution >= 0.6 is 0 Å². The van der Waals surface area contributed by atoms with E-state index in [9.17, 15) is 8.42 Å². The maximum atomic E-state index is 11.9. The topological polar surface area (TPSA) is 75.2 Å². The Labute approximate surface area is 136 Å². The van der Waals surface area contributed by atoms with Gasteiger partial charge in [-0.25, -0.2) is 18.4 Å². The average Bonchev–Trinajstić information content (AvgIpc) is 2.97. The van der Waals surface area contributed by atoms with E-state index in [0.717, 1.165) is 29.9 Å². The molecular formula is C16H20N4O2S. The zero-order valence-corrected chi connectivity index (χ0v) is 14.0. The molecule has 1 aliphatic rings. The van der Waals surface area contributed by atoms with Crippen molar-refractivity contribution < 1.29 is 8.42 Å². The van der Waals surface area contributed by atoms with Gasteiger partial charge in [0.25, 0.3) is 0 Å². The molecule has 1 saturated heterocycles. The number of rotatable bonds is 4. The molecule has 1 N–H and O–H groups in total. The molecule has 0 saturated carbocycles. The minimum Gasteiger partial charge on any atom is -0.325 e. The van der Waals surface area contributed by atoms with Gasteiger partial charge in [0, 0.05) is 24.5 Å². The van der Waals surface area contributed by atoms with E-state index >= 15 is 0 Å². The van der Waals surface area contributed by atoms with Crippen LogP contribution in [0.1, 0.15) is 30.1 Å². The summed E-state index contributed by atoms with van der Waals surface area (Å²) in [5, 5.41) is 3.17. The second kappa shape index (κ2) is 6.25. The lowest BCUT2D eigenvalue weighted by atomic mass is 10.1. The Morgan fingerprint density at radius 1 is 1.26 bits per heavy atom. The molecule has 1 unspecified atom stereocenters. The summed E-state index contributed by atoms with van der Waals surface area (Å²) < 4.78 is 25.4. The van der Waals surface area contributed by atoms with Crippen molar-refractivity contribution >= 4 is 21.7 Å². The van der Waals surface area contributed by atoms with Gasteiger partial charge in [-0.2, -0.15) is 4.31 Å². The van der Waals surface area contributed by atoms with Crippen molar-refractivity contribution in [2.75, 3.05) is 18.1 Å². The quantitative estimate of drug-likeness (QED) is 0.931. The van der Waals surface area contributed by atoms with E-state index in [4.69, 9.17) is 0 Å². The Morgan fingerprint density at radius 2 is 2.09 bits per heavy atom. The number of hydrogen-bond donors (Lipinski definition) is 1. The fourth-order valence-electron chi connectivity index (χ4n) is 2.94. The van der Waals surface area contributed by atoms with Crippen molar-refractivity contribution in [2.24, 2.45) is 0 Å². The van der Waals surface area contributed by atoms with Gasteiger partial charge in [0.05, 0.1) is 6.26 Å². The molecule has 7 heteroatoms. The van der Waals surface area contributed by atoms with Crippen molar-refractivity contribution in [3.63, 3.8) is 0 Å². The first-order valence-corrected chi connectivity index (χ1v) is 9.42. The highest BCUT2D eigenvalue weighted by molar-refractivity contribution is 7.88. The molecule has 2 aromatic heterocycles. The van der Waals surface area contributed by atoms with Gasteiger partial charge in [0.1, 0.15) is 11.6 Å². The average molecular weight is 332 g/mol. The summed E-state index contributed by atoms with van der Waals surface area (Å²) in [4.78, 5) is 8.70. The smallest absolute Gasteiger partial charge is 0.211 e. The van der Waals surface area contributed by atoms with E-state index in [1.54, 1.807) is 10.5 Å². The van der Waals surface area contributed by atoms with Gasteiger partial charge in [0.15, 0.2) is 0 Å². The lowest BCUT2D eigenvalue weighted by Crippen LogP contribution is -2.29. The van der Waals surface area contributed by atoms with Crippen molar-refractivity contribution in [1.29, 1.82) is 0 Å². The van der Waals surface area contributed by atoms with Crippen LogP contribution in [0.15, 0.2) is 36.5 Å². The predicted molar refractivity (Wildman–Crippen MR) is 90.0 cm³/mol. The second-order valence-corrected chi connectivity index (χ2v) is 7.73. The lowest BCUT2D eigenvalue weighted by Gasteiger charge is -2.22. The highest BCUT2D eigenvalue weighted by atomic mass is 32.2. The van der Waals surface area contributed by atoms with Gasteiger partial charge in [-0.15, -0.1) is 0 Å². The molecule has 6 nitrogen and oxygen atoms in total. The fraction of sp³-hybridized carbons (Fsp3) is 0.375. The molecule has 1 aliphatic heterocycles. The van der Waals surface area contributed by atoms with Gasteiger partial charge >= 0.3 is 0 Å².